The van der Waals surface area contributed by atoms with Crippen LogP contribution in [0.1, 0.15) is 5.56 Å². The zero-order valence-corrected chi connectivity index (χ0v) is 14.2. The van der Waals surface area contributed by atoms with E-state index in [9.17, 15) is 4.79 Å². The first-order chi connectivity index (χ1) is 12.2. The van der Waals surface area contributed by atoms with Gasteiger partial charge in [-0.3, -0.25) is 4.79 Å². The predicted octanol–water partition coefficient (Wildman–Crippen LogP) is 3.40. The van der Waals surface area contributed by atoms with Crippen LogP contribution < -0.4 is 5.32 Å². The molecule has 0 aliphatic heterocycles. The van der Waals surface area contributed by atoms with Crippen LogP contribution in [0.3, 0.4) is 0 Å². The third kappa shape index (κ3) is 4.23. The summed E-state index contributed by atoms with van der Waals surface area (Å²) in [7, 11) is 1.58. The average molecular weight is 340 g/mol. The van der Waals surface area contributed by atoms with Gasteiger partial charge in [0.1, 0.15) is 12.1 Å². The normalized spacial score (nSPS) is 11.0. The number of hydrogen-bond donors (Lipinski definition) is 1. The first-order valence-electron chi connectivity index (χ1n) is 8.00. The quantitative estimate of drug-likeness (QED) is 0.667. The molecule has 3 rings (SSSR count). The van der Waals surface area contributed by atoms with Gasteiger partial charge in [-0.05, 0) is 36.8 Å². The molecule has 0 radical (unpaired) electrons. The number of carbonyl (C=O) groups excluding carboxylic acids is 1. The Hall–Kier alpha value is -2.70. The van der Waals surface area contributed by atoms with Crippen LogP contribution >= 0.6 is 0 Å². The molecule has 1 heterocycles. The van der Waals surface area contributed by atoms with E-state index in [1.165, 1.54) is 0 Å². The summed E-state index contributed by atoms with van der Waals surface area (Å²) in [4.78, 5) is 16.6. The number of anilines is 1. The fourth-order valence-electron chi connectivity index (χ4n) is 2.42. The van der Waals surface area contributed by atoms with Gasteiger partial charge in [0.05, 0.1) is 24.5 Å². The number of fused-ring (bicyclic) bond motifs is 1. The van der Waals surface area contributed by atoms with Crippen LogP contribution in [0.15, 0.2) is 46.9 Å². The molecule has 0 saturated carbocycles. The van der Waals surface area contributed by atoms with E-state index in [-0.39, 0.29) is 12.5 Å². The van der Waals surface area contributed by atoms with Gasteiger partial charge >= 0.3 is 0 Å². The number of nitrogens with one attached hydrogen (secondary N) is 1. The van der Waals surface area contributed by atoms with Crippen LogP contribution in [0.2, 0.25) is 0 Å². The summed E-state index contributed by atoms with van der Waals surface area (Å²) >= 11 is 0. The molecule has 1 amide bonds. The van der Waals surface area contributed by atoms with Crippen molar-refractivity contribution < 1.29 is 18.7 Å². The number of benzene rings is 2. The van der Waals surface area contributed by atoms with E-state index in [4.69, 9.17) is 13.9 Å². The second-order valence-electron chi connectivity index (χ2n) is 5.63. The molecule has 130 valence electrons. The smallest absolute Gasteiger partial charge is 0.250 e. The van der Waals surface area contributed by atoms with Crippen molar-refractivity contribution in [2.45, 2.75) is 6.92 Å². The minimum Gasteiger partial charge on any atom is -0.436 e. The Labute approximate surface area is 145 Å². The second-order valence-corrected chi connectivity index (χ2v) is 5.63. The maximum Gasteiger partial charge on any atom is 0.250 e. The van der Waals surface area contributed by atoms with Crippen molar-refractivity contribution in [3.05, 3.63) is 48.0 Å². The topological polar surface area (TPSA) is 73.6 Å². The van der Waals surface area contributed by atoms with Crippen molar-refractivity contribution in [1.82, 2.24) is 4.98 Å². The molecule has 6 heteroatoms. The van der Waals surface area contributed by atoms with Gasteiger partial charge in [0.25, 0.3) is 0 Å². The van der Waals surface area contributed by atoms with E-state index in [2.05, 4.69) is 10.3 Å². The number of oxazole rings is 1. The first kappa shape index (κ1) is 17.1. The van der Waals surface area contributed by atoms with Crippen LogP contribution in [0.25, 0.3) is 22.6 Å². The van der Waals surface area contributed by atoms with Crippen molar-refractivity contribution >= 4 is 22.7 Å². The molecule has 3 aromatic rings. The minimum absolute atomic E-state index is 0.0373. The number of aromatic nitrogens is 1. The lowest BCUT2D eigenvalue weighted by atomic mass is 10.1. The fraction of sp³-hybridized carbons (Fsp3) is 0.263. The highest BCUT2D eigenvalue weighted by Crippen LogP contribution is 2.30. The lowest BCUT2D eigenvalue weighted by Crippen LogP contribution is -2.20. The van der Waals surface area contributed by atoms with Crippen LogP contribution in [-0.4, -0.2) is 37.8 Å². The van der Waals surface area contributed by atoms with Crippen molar-refractivity contribution in [2.24, 2.45) is 0 Å². The van der Waals surface area contributed by atoms with Gasteiger partial charge in [-0.2, -0.15) is 0 Å². The van der Waals surface area contributed by atoms with E-state index in [1.54, 1.807) is 7.11 Å². The molecule has 2 aromatic carbocycles. The molecule has 0 bridgehead atoms. The van der Waals surface area contributed by atoms with E-state index >= 15 is 0 Å². The summed E-state index contributed by atoms with van der Waals surface area (Å²) in [5.41, 5.74) is 3.97. The highest BCUT2D eigenvalue weighted by atomic mass is 16.5. The summed E-state index contributed by atoms with van der Waals surface area (Å²) in [5.74, 6) is 0.229. The number of ether oxygens (including phenoxy) is 2. The van der Waals surface area contributed by atoms with Crippen LogP contribution in [0.5, 0.6) is 0 Å². The zero-order chi connectivity index (χ0) is 17.6. The van der Waals surface area contributed by atoms with Crippen molar-refractivity contribution in [1.29, 1.82) is 0 Å². The number of methoxy groups -OCH3 is 1. The maximum atomic E-state index is 12.0. The Balaban J connectivity index is 1.79. The van der Waals surface area contributed by atoms with Crippen molar-refractivity contribution in [3.63, 3.8) is 0 Å². The third-order valence-electron chi connectivity index (χ3n) is 3.64. The Morgan fingerprint density at radius 3 is 2.88 bits per heavy atom. The third-order valence-corrected chi connectivity index (χ3v) is 3.64. The lowest BCUT2D eigenvalue weighted by molar-refractivity contribution is -0.121. The summed E-state index contributed by atoms with van der Waals surface area (Å²) in [6.45, 7) is 2.79. The van der Waals surface area contributed by atoms with E-state index in [0.29, 0.717) is 30.4 Å². The molecule has 0 unspecified atom stereocenters. The van der Waals surface area contributed by atoms with Crippen LogP contribution in [-0.2, 0) is 14.3 Å². The van der Waals surface area contributed by atoms with Gasteiger partial charge < -0.3 is 19.2 Å². The molecule has 0 aliphatic rings. The lowest BCUT2D eigenvalue weighted by Gasteiger charge is -2.09. The molecule has 0 aliphatic carbocycles. The monoisotopic (exact) mass is 340 g/mol. The summed E-state index contributed by atoms with van der Waals surface area (Å²) < 4.78 is 16.0. The van der Waals surface area contributed by atoms with E-state index in [0.717, 1.165) is 16.6 Å². The number of hydrogen-bond acceptors (Lipinski definition) is 5. The van der Waals surface area contributed by atoms with Crippen LogP contribution in [0.4, 0.5) is 5.69 Å². The molecule has 1 aromatic heterocycles. The number of nitrogens with zero attached hydrogens (tertiary/aromatic N) is 1. The summed E-state index contributed by atoms with van der Waals surface area (Å²) in [6, 6.07) is 13.2. The molecular weight excluding hydrogens is 320 g/mol. The standard InChI is InChI=1S/C19H20N2O4/c1-13-7-8-17-16(11-13)21-19(25-17)14-5-3-4-6-15(14)20-18(22)12-24-10-9-23-2/h3-8,11H,9-10,12H2,1-2H3,(H,20,22). The van der Waals surface area contributed by atoms with E-state index in [1.807, 2.05) is 49.4 Å². The van der Waals surface area contributed by atoms with Crippen molar-refractivity contribution in [2.75, 3.05) is 32.2 Å². The molecule has 0 fully saturated rings. The molecule has 6 nitrogen and oxygen atoms in total. The number of amides is 1. The van der Waals surface area contributed by atoms with Crippen LogP contribution in [0, 0.1) is 6.92 Å². The predicted molar refractivity (Wildman–Crippen MR) is 95.5 cm³/mol. The van der Waals surface area contributed by atoms with Gasteiger partial charge in [-0.1, -0.05) is 18.2 Å². The minimum atomic E-state index is -0.240. The Morgan fingerprint density at radius 1 is 1.20 bits per heavy atom. The van der Waals surface area contributed by atoms with Gasteiger partial charge in [0.15, 0.2) is 5.58 Å². The fourth-order valence-corrected chi connectivity index (χ4v) is 2.42. The molecule has 0 saturated heterocycles. The second kappa shape index (κ2) is 7.92. The highest BCUT2D eigenvalue weighted by Gasteiger charge is 2.14. The van der Waals surface area contributed by atoms with Gasteiger partial charge in [0, 0.05) is 7.11 Å². The average Bonchev–Trinajstić information content (AvgIpc) is 3.02. The van der Waals surface area contributed by atoms with Gasteiger partial charge in [0.2, 0.25) is 11.8 Å². The maximum absolute atomic E-state index is 12.0. The Kier molecular flexibility index (Phi) is 5.42. The summed E-state index contributed by atoms with van der Waals surface area (Å²) in [5, 5.41) is 2.84. The molecular formula is C19H20N2O4. The first-order valence-corrected chi connectivity index (χ1v) is 8.00. The SMILES string of the molecule is COCCOCC(=O)Nc1ccccc1-c1nc2cc(C)ccc2o1. The summed E-state index contributed by atoms with van der Waals surface area (Å²) in [6.07, 6.45) is 0. The Bertz CT molecular complexity index is 873. The number of carbonyl (C=O) groups is 1. The molecule has 25 heavy (non-hydrogen) atoms. The number of rotatable bonds is 7. The Morgan fingerprint density at radius 2 is 2.04 bits per heavy atom. The molecule has 0 atom stereocenters. The number of para-hydroxylation sites is 1. The largest absolute Gasteiger partial charge is 0.436 e. The zero-order valence-electron chi connectivity index (χ0n) is 14.2. The molecule has 0 spiro atoms. The van der Waals surface area contributed by atoms with Gasteiger partial charge in [-0.15, -0.1) is 0 Å². The molecule has 1 N–H and O–H groups in total. The van der Waals surface area contributed by atoms with Crippen molar-refractivity contribution in [3.8, 4) is 11.5 Å². The van der Waals surface area contributed by atoms with E-state index < -0.39 is 0 Å². The van der Waals surface area contributed by atoms with Gasteiger partial charge in [-0.25, -0.2) is 4.98 Å². The number of aryl methyl sites for hydroxylation is 1. The highest BCUT2D eigenvalue weighted by molar-refractivity contribution is 5.95.